The number of rotatable bonds is 3. The Kier molecular flexibility index (Phi) is 4.12. The van der Waals surface area contributed by atoms with Gasteiger partial charge >= 0.3 is 5.97 Å². The monoisotopic (exact) mass is 298 g/mol. The van der Waals surface area contributed by atoms with Gasteiger partial charge in [-0.3, -0.25) is 0 Å². The van der Waals surface area contributed by atoms with Crippen molar-refractivity contribution in [2.75, 3.05) is 33.2 Å². The Morgan fingerprint density at radius 2 is 1.80 bits per heavy atom. The molecule has 1 aromatic carbocycles. The second-order valence-electron chi connectivity index (χ2n) is 4.94. The molecule has 0 bridgehead atoms. The number of piperazine rings is 1. The summed E-state index contributed by atoms with van der Waals surface area (Å²) in [5.74, 6) is -1.11. The lowest BCUT2D eigenvalue weighted by Crippen LogP contribution is -2.47. The summed E-state index contributed by atoms with van der Waals surface area (Å²) in [6, 6.07) is 4.36. The van der Waals surface area contributed by atoms with Gasteiger partial charge < -0.3 is 10.0 Å². The predicted octanol–water partition coefficient (Wildman–Crippen LogP) is 0.629. The van der Waals surface area contributed by atoms with Crippen molar-refractivity contribution >= 4 is 16.0 Å². The molecule has 1 aliphatic rings. The Morgan fingerprint density at radius 3 is 2.35 bits per heavy atom. The van der Waals surface area contributed by atoms with Gasteiger partial charge in [0.05, 0.1) is 10.5 Å². The number of hydrogen-bond donors (Lipinski definition) is 1. The van der Waals surface area contributed by atoms with E-state index in [2.05, 4.69) is 4.90 Å². The largest absolute Gasteiger partial charge is 0.478 e. The Hall–Kier alpha value is -1.44. The Labute approximate surface area is 118 Å². The van der Waals surface area contributed by atoms with Gasteiger partial charge in [0.2, 0.25) is 10.0 Å². The molecule has 0 amide bonds. The van der Waals surface area contributed by atoms with Crippen LogP contribution in [-0.2, 0) is 10.0 Å². The van der Waals surface area contributed by atoms with Crippen LogP contribution in [0.4, 0.5) is 0 Å². The average molecular weight is 298 g/mol. The van der Waals surface area contributed by atoms with Crippen LogP contribution < -0.4 is 0 Å². The van der Waals surface area contributed by atoms with Gasteiger partial charge in [-0.05, 0) is 31.7 Å². The molecule has 1 aliphatic heterocycles. The number of carboxylic acid groups (broad SMARTS) is 1. The van der Waals surface area contributed by atoms with Gasteiger partial charge in [0.1, 0.15) is 0 Å². The lowest BCUT2D eigenvalue weighted by atomic mass is 10.1. The number of nitrogens with zero attached hydrogens (tertiary/aromatic N) is 2. The van der Waals surface area contributed by atoms with Crippen LogP contribution in [0.1, 0.15) is 15.9 Å². The lowest BCUT2D eigenvalue weighted by molar-refractivity contribution is 0.0696. The number of aromatic carboxylic acids is 1. The molecule has 6 nitrogen and oxygen atoms in total. The lowest BCUT2D eigenvalue weighted by Gasteiger charge is -2.32. The van der Waals surface area contributed by atoms with E-state index in [1.807, 2.05) is 7.05 Å². The molecule has 0 radical (unpaired) electrons. The fourth-order valence-corrected chi connectivity index (χ4v) is 3.96. The van der Waals surface area contributed by atoms with E-state index in [0.29, 0.717) is 31.7 Å². The molecular formula is C13H18N2O4S. The molecule has 1 N–H and O–H groups in total. The molecule has 1 saturated heterocycles. The van der Waals surface area contributed by atoms with Crippen molar-refractivity contribution in [2.24, 2.45) is 0 Å². The topological polar surface area (TPSA) is 77.9 Å². The summed E-state index contributed by atoms with van der Waals surface area (Å²) in [6.45, 7) is 3.74. The molecule has 110 valence electrons. The summed E-state index contributed by atoms with van der Waals surface area (Å²) in [4.78, 5) is 13.3. The fraction of sp³-hybridized carbons (Fsp3) is 0.462. The first-order valence-electron chi connectivity index (χ1n) is 6.35. The van der Waals surface area contributed by atoms with Gasteiger partial charge in [0.15, 0.2) is 0 Å². The van der Waals surface area contributed by atoms with Crippen LogP contribution in [0.2, 0.25) is 0 Å². The minimum atomic E-state index is -3.63. The van der Waals surface area contributed by atoms with Crippen molar-refractivity contribution in [2.45, 2.75) is 11.8 Å². The first-order chi connectivity index (χ1) is 9.34. The summed E-state index contributed by atoms with van der Waals surface area (Å²) in [5, 5.41) is 9.09. The van der Waals surface area contributed by atoms with Gasteiger partial charge in [-0.2, -0.15) is 4.31 Å². The van der Waals surface area contributed by atoms with E-state index in [1.165, 1.54) is 29.4 Å². The third-order valence-electron chi connectivity index (χ3n) is 3.59. The number of carboxylic acids is 1. The molecular weight excluding hydrogens is 280 g/mol. The maximum Gasteiger partial charge on any atom is 0.335 e. The van der Waals surface area contributed by atoms with E-state index in [9.17, 15) is 13.2 Å². The van der Waals surface area contributed by atoms with Gasteiger partial charge in [-0.1, -0.05) is 6.07 Å². The molecule has 0 unspecified atom stereocenters. The number of likely N-dealkylation sites (N-methyl/N-ethyl adjacent to an activating group) is 1. The number of carbonyl (C=O) groups is 1. The molecule has 0 aromatic heterocycles. The predicted molar refractivity (Wildman–Crippen MR) is 74.4 cm³/mol. The highest BCUT2D eigenvalue weighted by molar-refractivity contribution is 7.89. The highest BCUT2D eigenvalue weighted by Crippen LogP contribution is 2.23. The van der Waals surface area contributed by atoms with Crippen LogP contribution >= 0.6 is 0 Å². The zero-order valence-corrected chi connectivity index (χ0v) is 12.4. The Balaban J connectivity index is 2.40. The second-order valence-corrected chi connectivity index (χ2v) is 6.85. The SMILES string of the molecule is Cc1c(C(=O)O)cccc1S(=O)(=O)N1CCN(C)CC1. The van der Waals surface area contributed by atoms with Crippen LogP contribution in [-0.4, -0.2) is 61.9 Å². The quantitative estimate of drug-likeness (QED) is 0.885. The molecule has 1 heterocycles. The molecule has 0 aliphatic carbocycles. The van der Waals surface area contributed by atoms with Crippen molar-refractivity contribution in [1.82, 2.24) is 9.21 Å². The number of sulfonamides is 1. The van der Waals surface area contributed by atoms with E-state index in [-0.39, 0.29) is 10.5 Å². The van der Waals surface area contributed by atoms with Crippen LogP contribution in [0, 0.1) is 6.92 Å². The van der Waals surface area contributed by atoms with Crippen molar-refractivity contribution in [3.63, 3.8) is 0 Å². The highest BCUT2D eigenvalue weighted by Gasteiger charge is 2.29. The first-order valence-corrected chi connectivity index (χ1v) is 7.79. The summed E-state index contributed by atoms with van der Waals surface area (Å²) >= 11 is 0. The normalized spacial score (nSPS) is 18.1. The summed E-state index contributed by atoms with van der Waals surface area (Å²) in [7, 11) is -1.68. The second kappa shape index (κ2) is 5.51. The van der Waals surface area contributed by atoms with Crippen molar-refractivity contribution < 1.29 is 18.3 Å². The van der Waals surface area contributed by atoms with E-state index < -0.39 is 16.0 Å². The molecule has 1 aromatic rings. The zero-order chi connectivity index (χ0) is 14.9. The number of hydrogen-bond acceptors (Lipinski definition) is 4. The van der Waals surface area contributed by atoms with E-state index in [4.69, 9.17) is 5.11 Å². The van der Waals surface area contributed by atoms with Crippen LogP contribution in [0.15, 0.2) is 23.1 Å². The molecule has 2 rings (SSSR count). The average Bonchev–Trinajstić information content (AvgIpc) is 2.38. The molecule has 1 fully saturated rings. The molecule has 0 saturated carbocycles. The van der Waals surface area contributed by atoms with Crippen molar-refractivity contribution in [1.29, 1.82) is 0 Å². The molecule has 20 heavy (non-hydrogen) atoms. The van der Waals surface area contributed by atoms with Gasteiger partial charge in [0.25, 0.3) is 0 Å². The summed E-state index contributed by atoms with van der Waals surface area (Å²) < 4.78 is 26.6. The Bertz CT molecular complexity index is 619. The van der Waals surface area contributed by atoms with Gasteiger partial charge in [-0.25, -0.2) is 13.2 Å². The number of benzene rings is 1. The van der Waals surface area contributed by atoms with E-state index in [1.54, 1.807) is 0 Å². The smallest absolute Gasteiger partial charge is 0.335 e. The third-order valence-corrected chi connectivity index (χ3v) is 5.64. The maximum absolute atomic E-state index is 12.6. The third kappa shape index (κ3) is 2.70. The standard InChI is InChI=1S/C13H18N2O4S/c1-10-11(13(16)17)4-3-5-12(10)20(18,19)15-8-6-14(2)7-9-15/h3-5H,6-9H2,1-2H3,(H,16,17). The minimum absolute atomic E-state index is 0.0280. The van der Waals surface area contributed by atoms with Crippen LogP contribution in [0.25, 0.3) is 0 Å². The first kappa shape index (κ1) is 15.0. The Morgan fingerprint density at radius 1 is 1.20 bits per heavy atom. The minimum Gasteiger partial charge on any atom is -0.478 e. The molecule has 7 heteroatoms. The summed E-state index contributed by atoms with van der Waals surface area (Å²) in [6.07, 6.45) is 0. The highest BCUT2D eigenvalue weighted by atomic mass is 32.2. The van der Waals surface area contributed by atoms with E-state index >= 15 is 0 Å². The van der Waals surface area contributed by atoms with Crippen molar-refractivity contribution in [3.05, 3.63) is 29.3 Å². The van der Waals surface area contributed by atoms with Crippen LogP contribution in [0.3, 0.4) is 0 Å². The van der Waals surface area contributed by atoms with Crippen LogP contribution in [0.5, 0.6) is 0 Å². The van der Waals surface area contributed by atoms with Crippen molar-refractivity contribution in [3.8, 4) is 0 Å². The molecule has 0 atom stereocenters. The zero-order valence-electron chi connectivity index (χ0n) is 11.5. The fourth-order valence-electron chi connectivity index (χ4n) is 2.29. The summed E-state index contributed by atoms with van der Waals surface area (Å²) in [5.41, 5.74) is 0.319. The molecule has 0 spiro atoms. The van der Waals surface area contributed by atoms with Gasteiger partial charge in [0, 0.05) is 26.2 Å². The van der Waals surface area contributed by atoms with Gasteiger partial charge in [-0.15, -0.1) is 0 Å². The van der Waals surface area contributed by atoms with E-state index in [0.717, 1.165) is 0 Å². The maximum atomic E-state index is 12.6.